The summed E-state index contributed by atoms with van der Waals surface area (Å²) in [6, 6.07) is 14.6. The summed E-state index contributed by atoms with van der Waals surface area (Å²) in [4.78, 5) is 24.7. The first-order valence-electron chi connectivity index (χ1n) is 9.83. The number of hydrogen-bond donors (Lipinski definition) is 2. The quantitative estimate of drug-likeness (QED) is 0.349. The molecule has 0 saturated carbocycles. The number of carboxylic acids is 1. The molecule has 0 bridgehead atoms. The van der Waals surface area contributed by atoms with Gasteiger partial charge in [-0.2, -0.15) is 0 Å². The monoisotopic (exact) mass is 450 g/mol. The second kappa shape index (κ2) is 9.03. The molecule has 0 amide bonds. The predicted octanol–water partition coefficient (Wildman–Crippen LogP) is 5.36. The van der Waals surface area contributed by atoms with Gasteiger partial charge in [0.25, 0.3) is 0 Å². The Morgan fingerprint density at radius 2 is 1.84 bits per heavy atom. The molecule has 8 heteroatoms. The van der Waals surface area contributed by atoms with Crippen LogP contribution in [0.3, 0.4) is 0 Å². The number of benzene rings is 2. The van der Waals surface area contributed by atoms with Gasteiger partial charge >= 0.3 is 5.97 Å². The summed E-state index contributed by atoms with van der Waals surface area (Å²) in [5.41, 5.74) is 2.98. The molecule has 0 radical (unpaired) electrons. The Hall–Kier alpha value is -2.97. The highest BCUT2D eigenvalue weighted by Crippen LogP contribution is 2.34. The second-order valence-electron chi connectivity index (χ2n) is 7.56. The van der Waals surface area contributed by atoms with Crippen molar-refractivity contribution in [2.45, 2.75) is 29.4 Å². The van der Waals surface area contributed by atoms with Crippen LogP contribution in [-0.2, 0) is 11.2 Å². The van der Waals surface area contributed by atoms with Crippen LogP contribution in [0.4, 0.5) is 5.95 Å². The van der Waals surface area contributed by atoms with Gasteiger partial charge in [-0.05, 0) is 36.2 Å². The third-order valence-corrected chi connectivity index (χ3v) is 6.96. The molecule has 0 saturated heterocycles. The van der Waals surface area contributed by atoms with Crippen LogP contribution in [0.25, 0.3) is 21.9 Å². The first-order chi connectivity index (χ1) is 14.9. The van der Waals surface area contributed by atoms with Gasteiger partial charge in [0.1, 0.15) is 4.75 Å². The van der Waals surface area contributed by atoms with Gasteiger partial charge in [-0.15, -0.1) is 11.3 Å². The van der Waals surface area contributed by atoms with Crippen molar-refractivity contribution < 1.29 is 9.90 Å². The third kappa shape index (κ3) is 5.21. The number of nitrogens with one attached hydrogen (secondary N) is 1. The number of rotatable bonds is 8. The average molecular weight is 451 g/mol. The van der Waals surface area contributed by atoms with E-state index in [2.05, 4.69) is 50.6 Å². The normalized spacial score (nSPS) is 11.5. The summed E-state index contributed by atoms with van der Waals surface area (Å²) in [5, 5.41) is 16.8. The number of carboxylic acid groups (broad SMARTS) is 1. The lowest BCUT2D eigenvalue weighted by molar-refractivity contribution is -0.138. The summed E-state index contributed by atoms with van der Waals surface area (Å²) in [6.07, 6.45) is 4.36. The highest BCUT2D eigenvalue weighted by Gasteiger charge is 2.29. The SMILES string of the molecule is CC(C)(Sc1nc(CCNc2ncc(-c3ccc4ccccc4c3)cn2)cs1)C(=O)O. The minimum Gasteiger partial charge on any atom is -0.480 e. The van der Waals surface area contributed by atoms with Gasteiger partial charge in [0.2, 0.25) is 5.95 Å². The molecule has 4 rings (SSSR count). The van der Waals surface area contributed by atoms with Crippen molar-refractivity contribution >= 4 is 45.8 Å². The highest BCUT2D eigenvalue weighted by molar-refractivity contribution is 8.02. The van der Waals surface area contributed by atoms with Crippen LogP contribution in [0.1, 0.15) is 19.5 Å². The molecular formula is C23H22N4O2S2. The molecule has 2 N–H and O–H groups in total. The van der Waals surface area contributed by atoms with E-state index in [0.29, 0.717) is 18.9 Å². The zero-order valence-corrected chi connectivity index (χ0v) is 18.8. The Balaban J connectivity index is 1.33. The van der Waals surface area contributed by atoms with Crippen LogP contribution >= 0.6 is 23.1 Å². The molecule has 2 aromatic heterocycles. The van der Waals surface area contributed by atoms with Crippen molar-refractivity contribution in [3.8, 4) is 11.1 Å². The van der Waals surface area contributed by atoms with E-state index < -0.39 is 10.7 Å². The lowest BCUT2D eigenvalue weighted by atomic mass is 10.0. The van der Waals surface area contributed by atoms with Crippen molar-refractivity contribution in [2.75, 3.05) is 11.9 Å². The molecule has 0 unspecified atom stereocenters. The highest BCUT2D eigenvalue weighted by atomic mass is 32.2. The number of aliphatic carboxylic acids is 1. The fourth-order valence-electron chi connectivity index (χ4n) is 2.95. The molecule has 0 atom stereocenters. The molecule has 158 valence electrons. The predicted molar refractivity (Wildman–Crippen MR) is 127 cm³/mol. The Labute approximate surface area is 188 Å². The van der Waals surface area contributed by atoms with Crippen LogP contribution in [-0.4, -0.2) is 37.3 Å². The second-order valence-corrected chi connectivity index (χ2v) is 10.3. The summed E-state index contributed by atoms with van der Waals surface area (Å²) >= 11 is 2.74. The number of thioether (sulfide) groups is 1. The third-order valence-electron chi connectivity index (χ3n) is 4.79. The van der Waals surface area contributed by atoms with E-state index in [1.54, 1.807) is 13.8 Å². The van der Waals surface area contributed by atoms with E-state index in [1.807, 2.05) is 29.9 Å². The van der Waals surface area contributed by atoms with Gasteiger partial charge in [0.05, 0.1) is 5.69 Å². The lowest BCUT2D eigenvalue weighted by Gasteiger charge is -2.15. The van der Waals surface area contributed by atoms with E-state index in [1.165, 1.54) is 33.9 Å². The number of carbonyl (C=O) groups is 1. The van der Waals surface area contributed by atoms with E-state index in [4.69, 9.17) is 0 Å². The fraction of sp³-hybridized carbons (Fsp3) is 0.217. The Kier molecular flexibility index (Phi) is 6.20. The molecule has 4 aromatic rings. The van der Waals surface area contributed by atoms with Crippen LogP contribution in [0.5, 0.6) is 0 Å². The van der Waals surface area contributed by atoms with Gasteiger partial charge in [0, 0.05) is 36.3 Å². The standard InChI is InChI=1S/C23H22N4O2S2/c1-23(2,20(28)29)31-22-27-19(14-30-22)9-10-24-21-25-12-18(13-26-21)17-8-7-15-5-3-4-6-16(15)11-17/h3-8,11-14H,9-10H2,1-2H3,(H,28,29)(H,24,25,26). The van der Waals surface area contributed by atoms with Crippen molar-refractivity contribution in [3.63, 3.8) is 0 Å². The van der Waals surface area contributed by atoms with Crippen molar-refractivity contribution in [1.82, 2.24) is 15.0 Å². The molecule has 31 heavy (non-hydrogen) atoms. The van der Waals surface area contributed by atoms with Gasteiger partial charge in [-0.1, -0.05) is 48.2 Å². The van der Waals surface area contributed by atoms with E-state index >= 15 is 0 Å². The maximum Gasteiger partial charge on any atom is 0.319 e. The van der Waals surface area contributed by atoms with E-state index in [9.17, 15) is 9.90 Å². The zero-order chi connectivity index (χ0) is 21.8. The molecular weight excluding hydrogens is 428 g/mol. The maximum atomic E-state index is 11.3. The van der Waals surface area contributed by atoms with E-state index in [0.717, 1.165) is 21.2 Å². The Morgan fingerprint density at radius 3 is 2.58 bits per heavy atom. The fourth-order valence-corrected chi connectivity index (χ4v) is 5.18. The number of aromatic nitrogens is 3. The summed E-state index contributed by atoms with van der Waals surface area (Å²) < 4.78 is -0.132. The summed E-state index contributed by atoms with van der Waals surface area (Å²) in [7, 11) is 0. The number of nitrogens with zero attached hydrogens (tertiary/aromatic N) is 3. The topological polar surface area (TPSA) is 88.0 Å². The number of thiazole rings is 1. The Morgan fingerprint density at radius 1 is 1.10 bits per heavy atom. The van der Waals surface area contributed by atoms with Crippen molar-refractivity contribution in [2.24, 2.45) is 0 Å². The largest absolute Gasteiger partial charge is 0.480 e. The number of fused-ring (bicyclic) bond motifs is 1. The maximum absolute atomic E-state index is 11.3. The zero-order valence-electron chi connectivity index (χ0n) is 17.2. The smallest absolute Gasteiger partial charge is 0.319 e. The van der Waals surface area contributed by atoms with Crippen LogP contribution in [0, 0.1) is 0 Å². The summed E-state index contributed by atoms with van der Waals surface area (Å²) in [6.45, 7) is 4.01. The summed E-state index contributed by atoms with van der Waals surface area (Å²) in [5.74, 6) is -0.276. The molecule has 6 nitrogen and oxygen atoms in total. The number of anilines is 1. The van der Waals surface area contributed by atoms with Crippen molar-refractivity contribution in [1.29, 1.82) is 0 Å². The molecule has 0 spiro atoms. The number of hydrogen-bond acceptors (Lipinski definition) is 7. The molecule has 0 aliphatic carbocycles. The average Bonchev–Trinajstić information content (AvgIpc) is 3.20. The Bertz CT molecular complexity index is 1210. The van der Waals surface area contributed by atoms with Crippen molar-refractivity contribution in [3.05, 3.63) is 65.9 Å². The minimum absolute atomic E-state index is 0.571. The minimum atomic E-state index is -0.895. The van der Waals surface area contributed by atoms with Crippen LogP contribution < -0.4 is 5.32 Å². The van der Waals surface area contributed by atoms with Gasteiger partial charge in [0.15, 0.2) is 4.34 Å². The van der Waals surface area contributed by atoms with Gasteiger partial charge in [-0.25, -0.2) is 15.0 Å². The first kappa shape index (κ1) is 21.3. The first-order valence-corrected chi connectivity index (χ1v) is 11.5. The van der Waals surface area contributed by atoms with Gasteiger partial charge < -0.3 is 10.4 Å². The molecule has 0 aliphatic heterocycles. The molecule has 0 fully saturated rings. The van der Waals surface area contributed by atoms with Crippen LogP contribution in [0.2, 0.25) is 0 Å². The van der Waals surface area contributed by atoms with E-state index in [-0.39, 0.29) is 0 Å². The molecule has 0 aliphatic rings. The van der Waals surface area contributed by atoms with Gasteiger partial charge in [-0.3, -0.25) is 4.79 Å². The van der Waals surface area contributed by atoms with Crippen LogP contribution in [0.15, 0.2) is 64.6 Å². The molecule has 2 heterocycles. The molecule has 2 aromatic carbocycles. The lowest BCUT2D eigenvalue weighted by Crippen LogP contribution is -2.26.